The van der Waals surface area contributed by atoms with Crippen LogP contribution in [0.25, 0.3) is 11.3 Å². The molecule has 1 aromatic heterocycles. The molecule has 0 spiro atoms. The molecule has 0 fully saturated rings. The second-order valence-corrected chi connectivity index (χ2v) is 4.02. The van der Waals surface area contributed by atoms with E-state index in [2.05, 4.69) is 9.97 Å². The number of rotatable bonds is 1. The van der Waals surface area contributed by atoms with E-state index in [0.29, 0.717) is 10.7 Å². The van der Waals surface area contributed by atoms with Crippen LogP contribution >= 0.6 is 34.8 Å². The van der Waals surface area contributed by atoms with Gasteiger partial charge in [0.25, 0.3) is 0 Å². The van der Waals surface area contributed by atoms with Crippen molar-refractivity contribution >= 4 is 34.8 Å². The average molecular weight is 260 g/mol. The van der Waals surface area contributed by atoms with Crippen LogP contribution < -0.4 is 0 Å². The summed E-state index contributed by atoms with van der Waals surface area (Å²) in [6.07, 6.45) is 1.46. The third-order valence-electron chi connectivity index (χ3n) is 1.82. The summed E-state index contributed by atoms with van der Waals surface area (Å²) in [6.45, 7) is 0. The van der Waals surface area contributed by atoms with E-state index in [4.69, 9.17) is 34.8 Å². The monoisotopic (exact) mass is 258 g/mol. The van der Waals surface area contributed by atoms with Crippen molar-refractivity contribution in [1.29, 1.82) is 0 Å². The summed E-state index contributed by atoms with van der Waals surface area (Å²) in [7, 11) is 0. The lowest BCUT2D eigenvalue weighted by Crippen LogP contribution is -1.88. The minimum absolute atomic E-state index is 0.276. The zero-order chi connectivity index (χ0) is 10.8. The van der Waals surface area contributed by atoms with Crippen LogP contribution in [0.4, 0.5) is 0 Å². The van der Waals surface area contributed by atoms with Crippen LogP contribution in [0.5, 0.6) is 0 Å². The van der Waals surface area contributed by atoms with E-state index in [0.717, 1.165) is 5.56 Å². The Labute approximate surface area is 102 Å². The summed E-state index contributed by atoms with van der Waals surface area (Å²) >= 11 is 17.3. The molecule has 76 valence electrons. The van der Waals surface area contributed by atoms with Gasteiger partial charge in [-0.2, -0.15) is 0 Å². The van der Waals surface area contributed by atoms with E-state index >= 15 is 0 Å². The molecule has 0 radical (unpaired) electrons. The van der Waals surface area contributed by atoms with Crippen LogP contribution in [-0.2, 0) is 0 Å². The molecule has 1 heterocycles. The standard InChI is InChI=1S/C10H5Cl3N2/c11-7-3-1-6(2-4-7)9-10(13)15-8(12)5-14-9/h1-5H. The first-order valence-corrected chi connectivity index (χ1v) is 5.24. The molecule has 0 bridgehead atoms. The number of hydrogen-bond donors (Lipinski definition) is 0. The Kier molecular flexibility index (Phi) is 3.10. The van der Waals surface area contributed by atoms with Crippen LogP contribution in [0.2, 0.25) is 15.3 Å². The Morgan fingerprint density at radius 2 is 1.60 bits per heavy atom. The molecule has 0 aliphatic heterocycles. The quantitative estimate of drug-likeness (QED) is 0.770. The number of halogens is 3. The zero-order valence-electron chi connectivity index (χ0n) is 7.42. The summed E-state index contributed by atoms with van der Waals surface area (Å²) in [5, 5.41) is 1.22. The second kappa shape index (κ2) is 4.35. The smallest absolute Gasteiger partial charge is 0.157 e. The minimum atomic E-state index is 0.276. The van der Waals surface area contributed by atoms with Crippen molar-refractivity contribution < 1.29 is 0 Å². The van der Waals surface area contributed by atoms with Crippen LogP contribution in [0.15, 0.2) is 30.5 Å². The highest BCUT2D eigenvalue weighted by Gasteiger charge is 2.06. The molecule has 2 nitrogen and oxygen atoms in total. The first kappa shape index (κ1) is 10.7. The Balaban J connectivity index is 2.49. The molecular weight excluding hydrogens is 254 g/mol. The normalized spacial score (nSPS) is 10.3. The molecule has 1 aromatic carbocycles. The van der Waals surface area contributed by atoms with Crippen LogP contribution in [-0.4, -0.2) is 9.97 Å². The summed E-state index contributed by atoms with van der Waals surface area (Å²) in [5.74, 6) is 0. The van der Waals surface area contributed by atoms with E-state index in [-0.39, 0.29) is 10.3 Å². The zero-order valence-corrected chi connectivity index (χ0v) is 9.68. The Morgan fingerprint density at radius 1 is 0.933 bits per heavy atom. The lowest BCUT2D eigenvalue weighted by molar-refractivity contribution is 1.21. The predicted octanol–water partition coefficient (Wildman–Crippen LogP) is 4.10. The van der Waals surface area contributed by atoms with Crippen molar-refractivity contribution in [2.45, 2.75) is 0 Å². The topological polar surface area (TPSA) is 25.8 Å². The molecule has 0 atom stereocenters. The molecule has 0 saturated heterocycles. The van der Waals surface area contributed by atoms with E-state index in [1.54, 1.807) is 12.1 Å². The number of benzene rings is 1. The van der Waals surface area contributed by atoms with Crippen LogP contribution in [0.1, 0.15) is 0 Å². The summed E-state index contributed by atoms with van der Waals surface area (Å²) < 4.78 is 0. The van der Waals surface area contributed by atoms with Gasteiger partial charge in [-0.1, -0.05) is 46.9 Å². The predicted molar refractivity (Wildman–Crippen MR) is 62.5 cm³/mol. The highest BCUT2D eigenvalue weighted by molar-refractivity contribution is 6.34. The third kappa shape index (κ3) is 2.40. The fraction of sp³-hybridized carbons (Fsp3) is 0. The van der Waals surface area contributed by atoms with Crippen molar-refractivity contribution in [2.24, 2.45) is 0 Å². The Morgan fingerprint density at radius 3 is 2.20 bits per heavy atom. The molecule has 0 aliphatic rings. The second-order valence-electron chi connectivity index (χ2n) is 2.84. The highest BCUT2D eigenvalue weighted by Crippen LogP contribution is 2.26. The Hall–Kier alpha value is -0.830. The average Bonchev–Trinajstić information content (AvgIpc) is 2.20. The van der Waals surface area contributed by atoms with Gasteiger partial charge in [0.05, 0.1) is 6.20 Å². The number of hydrogen-bond acceptors (Lipinski definition) is 2. The fourth-order valence-electron chi connectivity index (χ4n) is 1.15. The van der Waals surface area contributed by atoms with Gasteiger partial charge in [-0.05, 0) is 12.1 Å². The van der Waals surface area contributed by atoms with Gasteiger partial charge in [0.1, 0.15) is 10.8 Å². The van der Waals surface area contributed by atoms with Crippen molar-refractivity contribution in [3.05, 3.63) is 45.8 Å². The van der Waals surface area contributed by atoms with Gasteiger partial charge < -0.3 is 0 Å². The van der Waals surface area contributed by atoms with Gasteiger partial charge in [0.15, 0.2) is 5.15 Å². The molecule has 5 heteroatoms. The lowest BCUT2D eigenvalue weighted by Gasteiger charge is -2.02. The van der Waals surface area contributed by atoms with E-state index in [1.807, 2.05) is 12.1 Å². The first-order valence-electron chi connectivity index (χ1n) is 4.11. The minimum Gasteiger partial charge on any atom is -0.250 e. The molecule has 0 saturated carbocycles. The van der Waals surface area contributed by atoms with E-state index < -0.39 is 0 Å². The van der Waals surface area contributed by atoms with E-state index in [9.17, 15) is 0 Å². The summed E-state index contributed by atoms with van der Waals surface area (Å²) in [6, 6.07) is 7.19. The van der Waals surface area contributed by atoms with Gasteiger partial charge in [0.2, 0.25) is 0 Å². The number of nitrogens with zero attached hydrogens (tertiary/aromatic N) is 2. The largest absolute Gasteiger partial charge is 0.250 e. The maximum Gasteiger partial charge on any atom is 0.157 e. The fourth-order valence-corrected chi connectivity index (χ4v) is 1.70. The van der Waals surface area contributed by atoms with Gasteiger partial charge in [-0.15, -0.1) is 0 Å². The summed E-state index contributed by atoms with van der Waals surface area (Å²) in [4.78, 5) is 8.02. The van der Waals surface area contributed by atoms with Gasteiger partial charge in [-0.3, -0.25) is 0 Å². The maximum absolute atomic E-state index is 5.91. The molecule has 2 aromatic rings. The Bertz CT molecular complexity index is 483. The molecule has 0 unspecified atom stereocenters. The van der Waals surface area contributed by atoms with Crippen molar-refractivity contribution in [3.63, 3.8) is 0 Å². The van der Waals surface area contributed by atoms with Crippen molar-refractivity contribution in [1.82, 2.24) is 9.97 Å². The van der Waals surface area contributed by atoms with Gasteiger partial charge >= 0.3 is 0 Å². The van der Waals surface area contributed by atoms with E-state index in [1.165, 1.54) is 6.20 Å². The maximum atomic E-state index is 5.91. The van der Waals surface area contributed by atoms with Crippen molar-refractivity contribution in [2.75, 3.05) is 0 Å². The third-order valence-corrected chi connectivity index (χ3v) is 2.52. The van der Waals surface area contributed by atoms with Crippen molar-refractivity contribution in [3.8, 4) is 11.3 Å². The molecule has 0 N–H and O–H groups in total. The molecule has 0 aliphatic carbocycles. The van der Waals surface area contributed by atoms with Crippen LogP contribution in [0.3, 0.4) is 0 Å². The first-order chi connectivity index (χ1) is 7.16. The molecule has 2 rings (SSSR count). The summed E-state index contributed by atoms with van der Waals surface area (Å²) in [5.41, 5.74) is 1.45. The highest BCUT2D eigenvalue weighted by atomic mass is 35.5. The SMILES string of the molecule is Clc1ccc(-c2ncc(Cl)nc2Cl)cc1. The molecular formula is C10H5Cl3N2. The molecule has 15 heavy (non-hydrogen) atoms. The molecule has 0 amide bonds. The number of aromatic nitrogens is 2. The van der Waals surface area contributed by atoms with Crippen LogP contribution in [0, 0.1) is 0 Å². The lowest BCUT2D eigenvalue weighted by atomic mass is 10.2. The van der Waals surface area contributed by atoms with Gasteiger partial charge in [-0.25, -0.2) is 9.97 Å². The van der Waals surface area contributed by atoms with Gasteiger partial charge in [0, 0.05) is 10.6 Å².